The Morgan fingerprint density at radius 3 is 2.65 bits per heavy atom. The van der Waals surface area contributed by atoms with Gasteiger partial charge in [-0.15, -0.1) is 0 Å². The third-order valence-electron chi connectivity index (χ3n) is 6.76. The van der Waals surface area contributed by atoms with Crippen LogP contribution in [-0.2, 0) is 16.1 Å². The average molecular weight is 539 g/mol. The number of hydrogen-bond donors (Lipinski definition) is 3. The summed E-state index contributed by atoms with van der Waals surface area (Å²) in [5, 5.41) is 9.62. The van der Waals surface area contributed by atoms with E-state index >= 15 is 0 Å². The molecule has 12 nitrogen and oxygen atoms in total. The Labute approximate surface area is 231 Å². The van der Waals surface area contributed by atoms with Crippen molar-refractivity contribution in [1.29, 1.82) is 0 Å². The Kier molecular flexibility index (Phi) is 7.51. The third kappa shape index (κ3) is 6.35. The molecule has 204 valence electrons. The first-order chi connectivity index (χ1) is 19.6. The maximum Gasteiger partial charge on any atom is 0.311 e. The van der Waals surface area contributed by atoms with Crippen LogP contribution in [0.1, 0.15) is 11.3 Å². The van der Waals surface area contributed by atoms with Gasteiger partial charge in [-0.2, -0.15) is 4.98 Å². The second-order valence-electron chi connectivity index (χ2n) is 10.1. The van der Waals surface area contributed by atoms with E-state index in [-0.39, 0.29) is 11.9 Å². The lowest BCUT2D eigenvalue weighted by Gasteiger charge is -2.38. The molecule has 0 radical (unpaired) electrons. The smallest absolute Gasteiger partial charge is 0.311 e. The molecule has 6 heterocycles. The monoisotopic (exact) mass is 538 g/mol. The second kappa shape index (κ2) is 11.7. The number of ether oxygens (including phenoxy) is 1. The van der Waals surface area contributed by atoms with E-state index in [0.717, 1.165) is 30.0 Å². The largest absolute Gasteiger partial charge is 0.465 e. The molecule has 0 aliphatic carbocycles. The minimum Gasteiger partial charge on any atom is -0.465 e. The maximum absolute atomic E-state index is 12.2. The van der Waals surface area contributed by atoms with Gasteiger partial charge in [0.15, 0.2) is 5.82 Å². The van der Waals surface area contributed by atoms with E-state index in [1.165, 1.54) is 0 Å². The molecule has 2 saturated heterocycles. The standard InChI is InChI=1S/C28H30N10O2/c1-18-3-2-4-23(33-18)26-31-7-5-24(36-26)35-25-6-8-32-28(37-25)34-22-9-19(10-30-13-22)14-38-15-21(16-38)27(39)40-17-20-11-29-12-20/h2-10,13,20-21,29H,11-12,14-17H2,1H3,(H2,31,32,34,35,36,37). The first-order valence-electron chi connectivity index (χ1n) is 13.3. The number of pyridine rings is 2. The molecule has 3 N–H and O–H groups in total. The maximum atomic E-state index is 12.2. The summed E-state index contributed by atoms with van der Waals surface area (Å²) in [4.78, 5) is 41.1. The number of anilines is 4. The van der Waals surface area contributed by atoms with Gasteiger partial charge in [0.1, 0.15) is 17.3 Å². The van der Waals surface area contributed by atoms with Gasteiger partial charge in [-0.25, -0.2) is 19.9 Å². The Morgan fingerprint density at radius 2 is 1.85 bits per heavy atom. The zero-order valence-electron chi connectivity index (χ0n) is 22.1. The molecule has 0 atom stereocenters. The van der Waals surface area contributed by atoms with E-state index in [1.54, 1.807) is 30.7 Å². The Bertz CT molecular complexity index is 1490. The lowest BCUT2D eigenvalue weighted by molar-refractivity contribution is -0.156. The van der Waals surface area contributed by atoms with Gasteiger partial charge in [0, 0.05) is 62.9 Å². The summed E-state index contributed by atoms with van der Waals surface area (Å²) < 4.78 is 5.45. The Balaban J connectivity index is 1.03. The van der Waals surface area contributed by atoms with Crippen molar-refractivity contribution in [2.24, 2.45) is 11.8 Å². The molecular formula is C28H30N10O2. The summed E-state index contributed by atoms with van der Waals surface area (Å²) >= 11 is 0. The fourth-order valence-corrected chi connectivity index (χ4v) is 4.50. The summed E-state index contributed by atoms with van der Waals surface area (Å²) in [5.74, 6) is 2.45. The normalized spacial score (nSPS) is 15.6. The predicted molar refractivity (Wildman–Crippen MR) is 149 cm³/mol. The van der Waals surface area contributed by atoms with E-state index in [1.807, 2.05) is 37.4 Å². The van der Waals surface area contributed by atoms with Crippen LogP contribution < -0.4 is 16.0 Å². The van der Waals surface area contributed by atoms with Crippen LogP contribution in [0.2, 0.25) is 0 Å². The van der Waals surface area contributed by atoms with Gasteiger partial charge < -0.3 is 20.7 Å². The molecular weight excluding hydrogens is 508 g/mol. The van der Waals surface area contributed by atoms with E-state index in [2.05, 4.69) is 50.8 Å². The lowest BCUT2D eigenvalue weighted by Crippen LogP contribution is -2.51. The number of carbonyl (C=O) groups is 1. The molecule has 0 spiro atoms. The SMILES string of the molecule is Cc1cccc(-c2nccc(Nc3ccnc(Nc4cncc(CN5CC(C(=O)OCC6CNC6)C5)c4)n3)n2)n1. The molecule has 0 saturated carbocycles. The highest BCUT2D eigenvalue weighted by molar-refractivity contribution is 5.74. The van der Waals surface area contributed by atoms with Crippen molar-refractivity contribution in [2.75, 3.05) is 43.4 Å². The average Bonchev–Trinajstić information content (AvgIpc) is 2.90. The molecule has 4 aromatic rings. The summed E-state index contributed by atoms with van der Waals surface area (Å²) in [6, 6.07) is 11.3. The molecule has 0 unspecified atom stereocenters. The molecule has 12 heteroatoms. The summed E-state index contributed by atoms with van der Waals surface area (Å²) in [7, 11) is 0. The number of aromatic nitrogens is 6. The van der Waals surface area contributed by atoms with Gasteiger partial charge in [-0.05, 0) is 42.8 Å². The predicted octanol–water partition coefficient (Wildman–Crippen LogP) is 2.71. The van der Waals surface area contributed by atoms with Crippen LogP contribution in [0.3, 0.4) is 0 Å². The summed E-state index contributed by atoms with van der Waals surface area (Å²) in [6.45, 7) is 6.41. The number of nitrogens with zero attached hydrogens (tertiary/aromatic N) is 7. The topological polar surface area (TPSA) is 143 Å². The zero-order valence-corrected chi connectivity index (χ0v) is 22.1. The van der Waals surface area contributed by atoms with E-state index < -0.39 is 0 Å². The van der Waals surface area contributed by atoms with E-state index in [0.29, 0.717) is 61.3 Å². The van der Waals surface area contributed by atoms with E-state index in [9.17, 15) is 4.79 Å². The lowest BCUT2D eigenvalue weighted by atomic mass is 9.99. The van der Waals surface area contributed by atoms with Crippen LogP contribution >= 0.6 is 0 Å². The molecule has 2 fully saturated rings. The highest BCUT2D eigenvalue weighted by Gasteiger charge is 2.34. The third-order valence-corrected chi connectivity index (χ3v) is 6.76. The Hall–Kier alpha value is -4.55. The molecule has 6 rings (SSSR count). The van der Waals surface area contributed by atoms with Gasteiger partial charge in [0.2, 0.25) is 5.95 Å². The molecule has 2 aliphatic heterocycles. The number of carbonyl (C=O) groups excluding carboxylic acids is 1. The second-order valence-corrected chi connectivity index (χ2v) is 10.1. The van der Waals surface area contributed by atoms with Crippen molar-refractivity contribution in [3.8, 4) is 11.5 Å². The van der Waals surface area contributed by atoms with Gasteiger partial charge in [-0.3, -0.25) is 14.7 Å². The van der Waals surface area contributed by atoms with E-state index in [4.69, 9.17) is 4.74 Å². The van der Waals surface area contributed by atoms with Crippen molar-refractivity contribution in [3.05, 3.63) is 72.4 Å². The van der Waals surface area contributed by atoms with Crippen molar-refractivity contribution < 1.29 is 9.53 Å². The van der Waals surface area contributed by atoms with Crippen LogP contribution in [0, 0.1) is 18.8 Å². The highest BCUT2D eigenvalue weighted by Crippen LogP contribution is 2.23. The van der Waals surface area contributed by atoms with Crippen molar-refractivity contribution in [1.82, 2.24) is 40.1 Å². The van der Waals surface area contributed by atoms with Crippen molar-refractivity contribution in [3.63, 3.8) is 0 Å². The zero-order chi connectivity index (χ0) is 27.3. The van der Waals surface area contributed by atoms with Crippen molar-refractivity contribution >= 4 is 29.2 Å². The first kappa shape index (κ1) is 25.7. The molecule has 2 aliphatic rings. The fraction of sp³-hybridized carbons (Fsp3) is 0.321. The molecule has 40 heavy (non-hydrogen) atoms. The van der Waals surface area contributed by atoms with Crippen LogP contribution in [0.5, 0.6) is 0 Å². The minimum absolute atomic E-state index is 0.0509. The van der Waals surface area contributed by atoms with Crippen LogP contribution in [0.4, 0.5) is 23.3 Å². The molecule has 0 bridgehead atoms. The number of aryl methyl sites for hydroxylation is 1. The van der Waals surface area contributed by atoms with Gasteiger partial charge in [0.05, 0.1) is 24.4 Å². The highest BCUT2D eigenvalue weighted by atomic mass is 16.5. The number of likely N-dealkylation sites (tertiary alicyclic amines) is 1. The number of esters is 1. The minimum atomic E-state index is -0.0904. The number of nitrogens with one attached hydrogen (secondary N) is 3. The summed E-state index contributed by atoms with van der Waals surface area (Å²) in [5.41, 5.74) is 3.41. The van der Waals surface area contributed by atoms with Crippen LogP contribution in [0.15, 0.2) is 61.2 Å². The number of hydrogen-bond acceptors (Lipinski definition) is 12. The van der Waals surface area contributed by atoms with Gasteiger partial charge in [0.25, 0.3) is 0 Å². The Morgan fingerprint density at radius 1 is 1.02 bits per heavy atom. The van der Waals surface area contributed by atoms with Crippen LogP contribution in [-0.4, -0.2) is 73.6 Å². The molecule has 4 aromatic heterocycles. The van der Waals surface area contributed by atoms with Crippen LogP contribution in [0.25, 0.3) is 11.5 Å². The molecule has 0 aromatic carbocycles. The van der Waals surface area contributed by atoms with Gasteiger partial charge >= 0.3 is 5.97 Å². The van der Waals surface area contributed by atoms with Crippen molar-refractivity contribution in [2.45, 2.75) is 13.5 Å². The quantitative estimate of drug-likeness (QED) is 0.255. The first-order valence-corrected chi connectivity index (χ1v) is 13.3. The van der Waals surface area contributed by atoms with Gasteiger partial charge in [-0.1, -0.05) is 6.07 Å². The number of rotatable bonds is 10. The fourth-order valence-electron chi connectivity index (χ4n) is 4.50. The molecule has 0 amide bonds. The summed E-state index contributed by atoms with van der Waals surface area (Å²) in [6.07, 6.45) is 6.90.